The van der Waals surface area contributed by atoms with E-state index in [1.54, 1.807) is 11.1 Å². The maximum Gasteiger partial charge on any atom is -0.0190 e. The molecule has 0 fully saturated rings. The smallest absolute Gasteiger partial charge is 0.0190 e. The zero-order valence-corrected chi connectivity index (χ0v) is 21.2. The first kappa shape index (κ1) is 28.9. The Morgan fingerprint density at radius 2 is 1.11 bits per heavy atom. The lowest BCUT2D eigenvalue weighted by atomic mass is 9.77. The van der Waals surface area contributed by atoms with Crippen molar-refractivity contribution in [1.29, 1.82) is 0 Å². The highest BCUT2D eigenvalue weighted by atomic mass is 14.3. The maximum absolute atomic E-state index is 2.33. The van der Waals surface area contributed by atoms with Crippen LogP contribution >= 0.6 is 0 Å². The molecule has 0 nitrogen and oxygen atoms in total. The van der Waals surface area contributed by atoms with Gasteiger partial charge in [0.25, 0.3) is 0 Å². The van der Waals surface area contributed by atoms with E-state index in [-0.39, 0.29) is 0 Å². The normalized spacial score (nSPS) is 13.0. The van der Waals surface area contributed by atoms with E-state index in [0.717, 1.165) is 0 Å². The Morgan fingerprint density at radius 1 is 0.643 bits per heavy atom. The lowest BCUT2D eigenvalue weighted by Gasteiger charge is -2.28. The molecule has 1 aromatic rings. The standard InChI is InChI=1S/C16H22.C8H16.2C2H6/c1-11(2)14-10-9-13-7-5-6-8-15(13)16(14)12(3)4;1-7(2)5-6-8(3)4;2*1-2/h5-8,11-12H,9-10H2,1-4H3;5-8H,1-4H3;2*1-2H3/b;6-5-;;. The lowest BCUT2D eigenvalue weighted by molar-refractivity contribution is 0.681. The molecule has 0 unspecified atom stereocenters. The van der Waals surface area contributed by atoms with E-state index in [0.29, 0.717) is 23.7 Å². The van der Waals surface area contributed by atoms with E-state index in [1.165, 1.54) is 24.0 Å². The summed E-state index contributed by atoms with van der Waals surface area (Å²) in [6.07, 6.45) is 6.96. The van der Waals surface area contributed by atoms with Crippen molar-refractivity contribution in [2.45, 2.75) is 95.9 Å². The molecular weight excluding hydrogens is 336 g/mol. The van der Waals surface area contributed by atoms with Gasteiger partial charge >= 0.3 is 0 Å². The van der Waals surface area contributed by atoms with Crippen molar-refractivity contribution in [1.82, 2.24) is 0 Å². The molecule has 1 aromatic carbocycles. The van der Waals surface area contributed by atoms with Crippen LogP contribution in [0.4, 0.5) is 0 Å². The average Bonchev–Trinajstić information content (AvgIpc) is 2.68. The first-order valence-corrected chi connectivity index (χ1v) is 11.7. The zero-order valence-electron chi connectivity index (χ0n) is 21.2. The second-order valence-corrected chi connectivity index (χ2v) is 8.28. The van der Waals surface area contributed by atoms with Gasteiger partial charge < -0.3 is 0 Å². The van der Waals surface area contributed by atoms with E-state index in [1.807, 2.05) is 27.7 Å². The van der Waals surface area contributed by atoms with E-state index < -0.39 is 0 Å². The Labute approximate surface area is 178 Å². The number of fused-ring (bicyclic) bond motifs is 1. The minimum Gasteiger partial charge on any atom is -0.0857 e. The van der Waals surface area contributed by atoms with Crippen LogP contribution in [-0.4, -0.2) is 0 Å². The fourth-order valence-electron chi connectivity index (χ4n) is 3.30. The van der Waals surface area contributed by atoms with Crippen LogP contribution in [0.3, 0.4) is 0 Å². The van der Waals surface area contributed by atoms with Crippen molar-refractivity contribution < 1.29 is 0 Å². The minimum absolute atomic E-state index is 0.638. The topological polar surface area (TPSA) is 0 Å². The molecule has 0 aliphatic heterocycles. The molecule has 1 aliphatic carbocycles. The van der Waals surface area contributed by atoms with Crippen molar-refractivity contribution in [3.8, 4) is 0 Å². The molecule has 0 radical (unpaired) electrons. The molecule has 0 atom stereocenters. The largest absolute Gasteiger partial charge is 0.0857 e. The van der Waals surface area contributed by atoms with Crippen molar-refractivity contribution >= 4 is 5.57 Å². The van der Waals surface area contributed by atoms with Gasteiger partial charge in [0.2, 0.25) is 0 Å². The summed E-state index contributed by atoms with van der Waals surface area (Å²) in [4.78, 5) is 0. The number of allylic oxidation sites excluding steroid dienone is 4. The maximum atomic E-state index is 2.33. The first-order chi connectivity index (χ1) is 13.2. The zero-order chi connectivity index (χ0) is 22.3. The van der Waals surface area contributed by atoms with Crippen LogP contribution in [0.25, 0.3) is 5.57 Å². The second-order valence-electron chi connectivity index (χ2n) is 8.28. The molecule has 0 saturated heterocycles. The molecule has 1 aliphatic rings. The molecule has 0 heteroatoms. The number of aryl methyl sites for hydroxylation is 1. The van der Waals surface area contributed by atoms with Crippen LogP contribution < -0.4 is 0 Å². The summed E-state index contributed by atoms with van der Waals surface area (Å²) in [5.74, 6) is 2.74. The van der Waals surface area contributed by atoms with Crippen LogP contribution in [0.2, 0.25) is 0 Å². The highest BCUT2D eigenvalue weighted by Gasteiger charge is 2.21. The molecule has 0 saturated carbocycles. The summed E-state index contributed by atoms with van der Waals surface area (Å²) in [7, 11) is 0. The van der Waals surface area contributed by atoms with Gasteiger partial charge in [0.05, 0.1) is 0 Å². The Hall–Kier alpha value is -1.30. The third-order valence-electron chi connectivity index (χ3n) is 4.47. The molecule has 28 heavy (non-hydrogen) atoms. The monoisotopic (exact) mass is 386 g/mol. The average molecular weight is 387 g/mol. The number of benzene rings is 1. The molecule has 0 N–H and O–H groups in total. The predicted octanol–water partition coefficient (Wildman–Crippen LogP) is 9.61. The van der Waals surface area contributed by atoms with E-state index in [4.69, 9.17) is 0 Å². The van der Waals surface area contributed by atoms with Gasteiger partial charge in [0, 0.05) is 0 Å². The fourth-order valence-corrected chi connectivity index (χ4v) is 3.30. The summed E-state index contributed by atoms with van der Waals surface area (Å²) in [5.41, 5.74) is 6.33. The fraction of sp³-hybridized carbons (Fsp3) is 0.643. The highest BCUT2D eigenvalue weighted by Crippen LogP contribution is 2.38. The number of hydrogen-bond donors (Lipinski definition) is 0. The van der Waals surface area contributed by atoms with Gasteiger partial charge in [-0.15, -0.1) is 0 Å². The Bertz CT molecular complexity index is 543. The molecule has 2 rings (SSSR count). The van der Waals surface area contributed by atoms with Crippen LogP contribution in [-0.2, 0) is 6.42 Å². The molecule has 0 spiro atoms. The van der Waals surface area contributed by atoms with Gasteiger partial charge in [0.15, 0.2) is 0 Å². The number of hydrogen-bond acceptors (Lipinski definition) is 0. The number of rotatable bonds is 4. The van der Waals surface area contributed by atoms with Gasteiger partial charge in [-0.05, 0) is 53.2 Å². The third kappa shape index (κ3) is 10.9. The van der Waals surface area contributed by atoms with Gasteiger partial charge in [-0.2, -0.15) is 0 Å². The van der Waals surface area contributed by atoms with Gasteiger partial charge in [-0.1, -0.05) is 125 Å². The Kier molecular flexibility index (Phi) is 17.2. The molecular formula is C28H50. The summed E-state index contributed by atoms with van der Waals surface area (Å²) in [6.45, 7) is 26.1. The van der Waals surface area contributed by atoms with Crippen molar-refractivity contribution in [2.24, 2.45) is 23.7 Å². The van der Waals surface area contributed by atoms with Crippen molar-refractivity contribution in [2.75, 3.05) is 0 Å². The summed E-state index contributed by atoms with van der Waals surface area (Å²) >= 11 is 0. The van der Waals surface area contributed by atoms with Crippen LogP contribution in [0, 0.1) is 23.7 Å². The van der Waals surface area contributed by atoms with Gasteiger partial charge in [0.1, 0.15) is 0 Å². The summed E-state index contributed by atoms with van der Waals surface area (Å²) in [6, 6.07) is 8.92. The predicted molar refractivity (Wildman–Crippen MR) is 133 cm³/mol. The lowest BCUT2D eigenvalue weighted by Crippen LogP contribution is -2.12. The van der Waals surface area contributed by atoms with Crippen LogP contribution in [0.15, 0.2) is 42.0 Å². The van der Waals surface area contributed by atoms with E-state index in [9.17, 15) is 0 Å². The van der Waals surface area contributed by atoms with E-state index >= 15 is 0 Å². The molecule has 0 aromatic heterocycles. The molecule has 162 valence electrons. The summed E-state index contributed by atoms with van der Waals surface area (Å²) < 4.78 is 0. The molecule has 0 bridgehead atoms. The Balaban J connectivity index is 0. The van der Waals surface area contributed by atoms with Crippen LogP contribution in [0.5, 0.6) is 0 Å². The van der Waals surface area contributed by atoms with Gasteiger partial charge in [-0.3, -0.25) is 0 Å². The molecule has 0 amide bonds. The summed E-state index contributed by atoms with van der Waals surface area (Å²) in [5, 5.41) is 0. The van der Waals surface area contributed by atoms with Crippen LogP contribution in [0.1, 0.15) is 101 Å². The second kappa shape index (κ2) is 16.6. The third-order valence-corrected chi connectivity index (χ3v) is 4.47. The van der Waals surface area contributed by atoms with E-state index in [2.05, 4.69) is 91.8 Å². The molecule has 0 heterocycles. The quantitative estimate of drug-likeness (QED) is 0.452. The Morgan fingerprint density at radius 3 is 1.50 bits per heavy atom. The minimum atomic E-state index is 0.638. The van der Waals surface area contributed by atoms with Crippen molar-refractivity contribution in [3.05, 3.63) is 53.1 Å². The van der Waals surface area contributed by atoms with Gasteiger partial charge in [-0.25, -0.2) is 0 Å². The highest BCUT2D eigenvalue weighted by molar-refractivity contribution is 5.74. The SMILES string of the molecule is CC.CC.CC(C)/C=C\C(C)C.CC(C)C1=C(C(C)C)c2ccccc2CC1. The first-order valence-electron chi connectivity index (χ1n) is 11.7. The van der Waals surface area contributed by atoms with Crippen molar-refractivity contribution in [3.63, 3.8) is 0 Å².